The molecule has 2 nitrogen and oxygen atoms in total. The number of rotatable bonds is 3. The normalized spacial score (nSPS) is 18.1. The Morgan fingerprint density at radius 1 is 1.17 bits per heavy atom. The van der Waals surface area contributed by atoms with E-state index in [1.165, 1.54) is 12.1 Å². The third-order valence-corrected chi connectivity index (χ3v) is 5.20. The minimum atomic E-state index is -4.45. The molecule has 0 aliphatic carbocycles. The van der Waals surface area contributed by atoms with E-state index < -0.39 is 11.7 Å². The van der Waals surface area contributed by atoms with Crippen LogP contribution in [0.3, 0.4) is 0 Å². The zero-order valence-electron chi connectivity index (χ0n) is 12.2. The molecule has 1 aromatic heterocycles. The maximum atomic E-state index is 13.2. The molecule has 1 aliphatic heterocycles. The fraction of sp³-hybridized carbons (Fsp3) is 0.375. The van der Waals surface area contributed by atoms with E-state index in [1.807, 2.05) is 17.5 Å². The summed E-state index contributed by atoms with van der Waals surface area (Å²) in [6.07, 6.45) is -4.45. The maximum absolute atomic E-state index is 13.2. The number of halogens is 4. The monoisotopic (exact) mass is 360 g/mol. The summed E-state index contributed by atoms with van der Waals surface area (Å²) >= 11 is 7.32. The van der Waals surface area contributed by atoms with Crippen LogP contribution >= 0.6 is 22.9 Å². The van der Waals surface area contributed by atoms with Gasteiger partial charge in [-0.25, -0.2) is 0 Å². The van der Waals surface area contributed by atoms with Crippen molar-refractivity contribution in [1.82, 2.24) is 10.2 Å². The summed E-state index contributed by atoms with van der Waals surface area (Å²) in [6.45, 7) is 3.27. The Balaban J connectivity index is 2.03. The predicted molar refractivity (Wildman–Crippen MR) is 87.1 cm³/mol. The van der Waals surface area contributed by atoms with Crippen molar-refractivity contribution in [1.29, 1.82) is 0 Å². The van der Waals surface area contributed by atoms with Gasteiger partial charge < -0.3 is 5.32 Å². The highest BCUT2D eigenvalue weighted by Gasteiger charge is 2.35. The Labute approximate surface area is 141 Å². The van der Waals surface area contributed by atoms with Crippen molar-refractivity contribution in [3.8, 4) is 0 Å². The first-order chi connectivity index (χ1) is 11.0. The van der Waals surface area contributed by atoms with Crippen LogP contribution in [0.15, 0.2) is 35.7 Å². The molecule has 2 aromatic rings. The first-order valence-electron chi connectivity index (χ1n) is 7.31. The molecule has 0 saturated carbocycles. The molecule has 1 aliphatic rings. The van der Waals surface area contributed by atoms with Crippen LogP contribution in [0.5, 0.6) is 0 Å². The summed E-state index contributed by atoms with van der Waals surface area (Å²) in [5.41, 5.74) is -0.139. The van der Waals surface area contributed by atoms with Crippen LogP contribution in [0.25, 0.3) is 0 Å². The number of nitrogens with zero attached hydrogens (tertiary/aromatic N) is 1. The maximum Gasteiger partial charge on any atom is 0.417 e. The van der Waals surface area contributed by atoms with Gasteiger partial charge in [-0.2, -0.15) is 13.2 Å². The molecular weight excluding hydrogens is 345 g/mol. The first kappa shape index (κ1) is 16.8. The van der Waals surface area contributed by atoms with Gasteiger partial charge >= 0.3 is 6.18 Å². The molecule has 1 N–H and O–H groups in total. The van der Waals surface area contributed by atoms with Crippen molar-refractivity contribution in [3.63, 3.8) is 0 Å². The highest BCUT2D eigenvalue weighted by molar-refractivity contribution is 7.10. The second-order valence-electron chi connectivity index (χ2n) is 5.44. The van der Waals surface area contributed by atoms with Crippen LogP contribution < -0.4 is 5.32 Å². The first-order valence-corrected chi connectivity index (χ1v) is 8.57. The van der Waals surface area contributed by atoms with Gasteiger partial charge in [0, 0.05) is 31.1 Å². The van der Waals surface area contributed by atoms with Crippen LogP contribution in [-0.4, -0.2) is 31.1 Å². The van der Waals surface area contributed by atoms with E-state index >= 15 is 0 Å². The average molecular weight is 361 g/mol. The van der Waals surface area contributed by atoms with Crippen molar-refractivity contribution in [3.05, 3.63) is 56.7 Å². The third-order valence-electron chi connectivity index (χ3n) is 3.94. The van der Waals surface area contributed by atoms with E-state index in [1.54, 1.807) is 17.4 Å². The lowest BCUT2D eigenvalue weighted by Crippen LogP contribution is -2.45. The van der Waals surface area contributed by atoms with E-state index in [-0.39, 0.29) is 11.1 Å². The molecule has 0 amide bonds. The smallest absolute Gasteiger partial charge is 0.314 e. The second kappa shape index (κ2) is 6.81. The summed E-state index contributed by atoms with van der Waals surface area (Å²) in [5.74, 6) is 0. The summed E-state index contributed by atoms with van der Waals surface area (Å²) in [5, 5.41) is 4.96. The van der Waals surface area contributed by atoms with E-state index in [2.05, 4.69) is 10.2 Å². The Hall–Kier alpha value is -1.08. The Morgan fingerprint density at radius 3 is 2.52 bits per heavy atom. The van der Waals surface area contributed by atoms with Crippen molar-refractivity contribution < 1.29 is 13.2 Å². The van der Waals surface area contributed by atoms with E-state index in [9.17, 15) is 13.2 Å². The van der Waals surface area contributed by atoms with Gasteiger partial charge in [-0.3, -0.25) is 4.90 Å². The fourth-order valence-electron chi connectivity index (χ4n) is 2.87. The van der Waals surface area contributed by atoms with Crippen LogP contribution in [0.2, 0.25) is 5.02 Å². The lowest BCUT2D eigenvalue weighted by atomic mass is 10.00. The number of alkyl halides is 3. The molecule has 0 bridgehead atoms. The van der Waals surface area contributed by atoms with Crippen LogP contribution in [0.4, 0.5) is 13.2 Å². The third kappa shape index (κ3) is 3.71. The molecule has 3 rings (SSSR count). The SMILES string of the molecule is FC(F)(F)c1cc([C@H](c2cccs2)N2CCNCC2)ccc1Cl. The summed E-state index contributed by atoms with van der Waals surface area (Å²) in [4.78, 5) is 3.26. The number of benzene rings is 1. The lowest BCUT2D eigenvalue weighted by molar-refractivity contribution is -0.137. The molecule has 0 radical (unpaired) electrons. The zero-order valence-corrected chi connectivity index (χ0v) is 13.8. The Bertz CT molecular complexity index is 652. The number of thiophene rings is 1. The van der Waals surface area contributed by atoms with Crippen molar-refractivity contribution in [2.45, 2.75) is 12.2 Å². The highest BCUT2D eigenvalue weighted by atomic mass is 35.5. The predicted octanol–water partition coefficient (Wildman–Crippen LogP) is 4.41. The van der Waals surface area contributed by atoms with Gasteiger partial charge in [-0.05, 0) is 29.1 Å². The van der Waals surface area contributed by atoms with Gasteiger partial charge in [0.05, 0.1) is 16.6 Å². The van der Waals surface area contributed by atoms with E-state index in [4.69, 9.17) is 11.6 Å². The molecule has 7 heteroatoms. The number of hydrogen-bond donors (Lipinski definition) is 1. The van der Waals surface area contributed by atoms with Gasteiger partial charge in [0.1, 0.15) is 0 Å². The van der Waals surface area contributed by atoms with Crippen LogP contribution in [0.1, 0.15) is 22.0 Å². The van der Waals surface area contributed by atoms with Gasteiger partial charge in [0.15, 0.2) is 0 Å². The van der Waals surface area contributed by atoms with Gasteiger partial charge in [0.25, 0.3) is 0 Å². The Morgan fingerprint density at radius 2 is 1.91 bits per heavy atom. The highest BCUT2D eigenvalue weighted by Crippen LogP contribution is 2.39. The number of piperazine rings is 1. The van der Waals surface area contributed by atoms with Gasteiger partial charge in [0.2, 0.25) is 0 Å². The van der Waals surface area contributed by atoms with Crippen LogP contribution in [0, 0.1) is 0 Å². The topological polar surface area (TPSA) is 15.3 Å². The van der Waals surface area contributed by atoms with Crippen molar-refractivity contribution in [2.24, 2.45) is 0 Å². The van der Waals surface area contributed by atoms with E-state index in [0.29, 0.717) is 5.56 Å². The van der Waals surface area contributed by atoms with E-state index in [0.717, 1.165) is 31.1 Å². The molecule has 0 unspecified atom stereocenters. The Kier molecular flexibility index (Phi) is 4.96. The van der Waals surface area contributed by atoms with Crippen molar-refractivity contribution in [2.75, 3.05) is 26.2 Å². The van der Waals surface area contributed by atoms with Gasteiger partial charge in [-0.1, -0.05) is 23.7 Å². The largest absolute Gasteiger partial charge is 0.417 e. The minimum absolute atomic E-state index is 0.171. The molecule has 124 valence electrons. The minimum Gasteiger partial charge on any atom is -0.314 e. The molecule has 1 fully saturated rings. The molecule has 1 saturated heterocycles. The summed E-state index contributed by atoms with van der Waals surface area (Å²) in [7, 11) is 0. The molecular formula is C16H16ClF3N2S. The molecule has 0 spiro atoms. The molecule has 1 atom stereocenters. The van der Waals surface area contributed by atoms with Crippen molar-refractivity contribution >= 4 is 22.9 Å². The second-order valence-corrected chi connectivity index (χ2v) is 6.83. The summed E-state index contributed by atoms with van der Waals surface area (Å²) < 4.78 is 39.5. The number of hydrogen-bond acceptors (Lipinski definition) is 3. The van der Waals surface area contributed by atoms with Crippen LogP contribution in [-0.2, 0) is 6.18 Å². The standard InChI is InChI=1S/C16H16ClF3N2S/c17-13-4-3-11(10-12(13)16(18,19)20)15(14-2-1-9-23-14)22-7-5-21-6-8-22/h1-4,9-10,15,21H,5-8H2/t15-/m1/s1. The molecule has 23 heavy (non-hydrogen) atoms. The number of nitrogens with one attached hydrogen (secondary N) is 1. The zero-order chi connectivity index (χ0) is 16.4. The fourth-order valence-corrected chi connectivity index (χ4v) is 3.98. The summed E-state index contributed by atoms with van der Waals surface area (Å²) in [6, 6.07) is 7.96. The average Bonchev–Trinajstić information content (AvgIpc) is 3.03. The van der Waals surface area contributed by atoms with Gasteiger partial charge in [-0.15, -0.1) is 11.3 Å². The molecule has 2 heterocycles. The molecule has 1 aromatic carbocycles. The lowest BCUT2D eigenvalue weighted by Gasteiger charge is -2.35. The quantitative estimate of drug-likeness (QED) is 0.872.